The highest BCUT2D eigenvalue weighted by Gasteiger charge is 2.58. The summed E-state index contributed by atoms with van der Waals surface area (Å²) in [7, 11) is -4.16. The van der Waals surface area contributed by atoms with Crippen molar-refractivity contribution in [1.82, 2.24) is 4.31 Å². The number of benzene rings is 1. The predicted octanol–water partition coefficient (Wildman–Crippen LogP) is 6.10. The summed E-state index contributed by atoms with van der Waals surface area (Å²) in [6.45, 7) is 19.7. The van der Waals surface area contributed by atoms with Crippen molar-refractivity contribution in [3.8, 4) is 0 Å². The van der Waals surface area contributed by atoms with Crippen molar-refractivity contribution in [3.05, 3.63) is 29.8 Å². The van der Waals surface area contributed by atoms with Crippen LogP contribution in [-0.2, 0) is 24.2 Å². The first kappa shape index (κ1) is 28.9. The summed E-state index contributed by atoms with van der Waals surface area (Å²) in [5.74, 6) is 0.163. The lowest BCUT2D eigenvalue weighted by atomic mass is 10.0. The molecule has 0 saturated heterocycles. The molecule has 1 aliphatic carbocycles. The summed E-state index contributed by atoms with van der Waals surface area (Å²) in [5, 5.41) is 0. The largest absolute Gasteiger partial charge is 0.508 e. The van der Waals surface area contributed by atoms with Crippen LogP contribution in [0.25, 0.3) is 0 Å². The van der Waals surface area contributed by atoms with Gasteiger partial charge in [-0.2, -0.15) is 4.31 Å². The van der Waals surface area contributed by atoms with Gasteiger partial charge in [0.25, 0.3) is 10.0 Å². The highest BCUT2D eigenvalue weighted by atomic mass is 32.2. The van der Waals surface area contributed by atoms with Gasteiger partial charge in [-0.15, -0.1) is 0 Å². The third-order valence-electron chi connectivity index (χ3n) is 5.77. The quantitative estimate of drug-likeness (QED) is 0.440. The zero-order valence-electron chi connectivity index (χ0n) is 22.9. The normalized spacial score (nSPS) is 20.1. The third-order valence-corrected chi connectivity index (χ3v) is 7.81. The Labute approximate surface area is 210 Å². The molecule has 1 saturated carbocycles. The number of hydrogen-bond donors (Lipinski definition) is 0. The number of nitrogens with zero attached hydrogens (tertiary/aromatic N) is 1. The van der Waals surface area contributed by atoms with Crippen molar-refractivity contribution in [1.29, 1.82) is 0 Å². The van der Waals surface area contributed by atoms with Gasteiger partial charge in [0, 0.05) is 5.92 Å². The standard InChI is InChI=1S/C26H41NO7S/c1-23(2,3)27(21(28)33-24(4,5)6)35(30,31)18-14-12-17(13-15-18)20-19(26(20,10)11)16-32-22(29)34-25(7,8)9/h12-15,19-20H,16H2,1-11H3/t19-,20-/m0/s1. The molecule has 2 atom stereocenters. The van der Waals surface area contributed by atoms with E-state index in [-0.39, 0.29) is 28.8 Å². The molecule has 0 bridgehead atoms. The number of carbonyl (C=O) groups excluding carboxylic acids is 2. The maximum absolute atomic E-state index is 13.4. The predicted molar refractivity (Wildman–Crippen MR) is 134 cm³/mol. The van der Waals surface area contributed by atoms with E-state index >= 15 is 0 Å². The zero-order chi connectivity index (χ0) is 27.2. The highest BCUT2D eigenvalue weighted by molar-refractivity contribution is 7.89. The average Bonchev–Trinajstić information content (AvgIpc) is 3.16. The number of hydrogen-bond acceptors (Lipinski definition) is 7. The lowest BCUT2D eigenvalue weighted by Gasteiger charge is -2.35. The van der Waals surface area contributed by atoms with Gasteiger partial charge in [-0.3, -0.25) is 0 Å². The Morgan fingerprint density at radius 2 is 1.37 bits per heavy atom. The Bertz CT molecular complexity index is 1040. The van der Waals surface area contributed by atoms with Crippen molar-refractivity contribution < 1.29 is 32.2 Å². The van der Waals surface area contributed by atoms with Crippen LogP contribution in [-0.4, -0.2) is 48.3 Å². The smallest absolute Gasteiger partial charge is 0.443 e. The van der Waals surface area contributed by atoms with E-state index in [0.29, 0.717) is 0 Å². The van der Waals surface area contributed by atoms with Crippen molar-refractivity contribution in [2.24, 2.45) is 11.3 Å². The van der Waals surface area contributed by atoms with Gasteiger partial charge in [0.2, 0.25) is 0 Å². The van der Waals surface area contributed by atoms with Gasteiger partial charge in [0.05, 0.1) is 17.0 Å². The molecule has 9 heteroatoms. The molecule has 0 unspecified atom stereocenters. The number of amides is 1. The van der Waals surface area contributed by atoms with Gasteiger partial charge in [0.1, 0.15) is 11.2 Å². The van der Waals surface area contributed by atoms with Gasteiger partial charge in [-0.05, 0) is 91.3 Å². The van der Waals surface area contributed by atoms with Gasteiger partial charge in [0.15, 0.2) is 0 Å². The fourth-order valence-electron chi connectivity index (χ4n) is 4.14. The summed E-state index contributed by atoms with van der Waals surface area (Å²) >= 11 is 0. The fourth-order valence-corrected chi connectivity index (χ4v) is 5.79. The lowest BCUT2D eigenvalue weighted by Crippen LogP contribution is -2.51. The first-order chi connectivity index (χ1) is 15.6. The summed E-state index contributed by atoms with van der Waals surface area (Å²) in [6.07, 6.45) is -1.62. The summed E-state index contributed by atoms with van der Waals surface area (Å²) in [6, 6.07) is 6.52. The molecule has 1 fully saturated rings. The molecule has 0 spiro atoms. The average molecular weight is 512 g/mol. The summed E-state index contributed by atoms with van der Waals surface area (Å²) in [5.41, 5.74) is -1.68. The molecule has 1 aliphatic rings. The van der Waals surface area contributed by atoms with E-state index in [0.717, 1.165) is 9.87 Å². The molecule has 0 N–H and O–H groups in total. The van der Waals surface area contributed by atoms with Gasteiger partial charge in [-0.25, -0.2) is 18.0 Å². The minimum absolute atomic E-state index is 0.00189. The molecular weight excluding hydrogens is 470 g/mol. The van der Waals surface area contributed by atoms with E-state index in [4.69, 9.17) is 14.2 Å². The number of sulfonamides is 1. The second-order valence-electron chi connectivity index (χ2n) is 12.7. The van der Waals surface area contributed by atoms with E-state index in [1.807, 2.05) is 0 Å². The van der Waals surface area contributed by atoms with Gasteiger partial charge in [-0.1, -0.05) is 26.0 Å². The second kappa shape index (κ2) is 9.30. The van der Waals surface area contributed by atoms with Crippen molar-refractivity contribution in [2.75, 3.05) is 6.61 Å². The van der Waals surface area contributed by atoms with E-state index < -0.39 is 39.0 Å². The molecule has 1 aromatic carbocycles. The minimum Gasteiger partial charge on any atom is -0.443 e. The number of carbonyl (C=O) groups is 2. The van der Waals surface area contributed by atoms with E-state index in [1.165, 1.54) is 12.1 Å². The van der Waals surface area contributed by atoms with Crippen LogP contribution in [0.2, 0.25) is 0 Å². The Balaban J connectivity index is 2.22. The van der Waals surface area contributed by atoms with Crippen LogP contribution in [0, 0.1) is 11.3 Å². The van der Waals surface area contributed by atoms with Crippen LogP contribution < -0.4 is 0 Å². The molecule has 0 aromatic heterocycles. The molecule has 0 radical (unpaired) electrons. The molecule has 0 heterocycles. The topological polar surface area (TPSA) is 99.2 Å². The number of ether oxygens (including phenoxy) is 3. The Hall–Kier alpha value is -2.29. The molecule has 1 amide bonds. The third kappa shape index (κ3) is 7.12. The minimum atomic E-state index is -4.16. The highest BCUT2D eigenvalue weighted by Crippen LogP contribution is 2.64. The van der Waals surface area contributed by atoms with Crippen LogP contribution in [0.15, 0.2) is 29.2 Å². The Morgan fingerprint density at radius 3 is 1.80 bits per heavy atom. The van der Waals surface area contributed by atoms with E-state index in [2.05, 4.69) is 13.8 Å². The van der Waals surface area contributed by atoms with E-state index in [1.54, 1.807) is 74.4 Å². The Kier molecular flexibility index (Phi) is 7.69. The van der Waals surface area contributed by atoms with Crippen LogP contribution in [0.1, 0.15) is 87.6 Å². The zero-order valence-corrected chi connectivity index (χ0v) is 23.7. The number of rotatable bonds is 5. The SMILES string of the molecule is CC(C)(C)OC(=O)OC[C@H]1[C@H](c2ccc(S(=O)(=O)N(C(=O)OC(C)(C)C)C(C)(C)C)cc2)C1(C)C. The maximum Gasteiger partial charge on any atom is 0.508 e. The van der Waals surface area contributed by atoms with Crippen molar-refractivity contribution in [2.45, 2.75) is 104 Å². The van der Waals surface area contributed by atoms with Gasteiger partial charge < -0.3 is 14.2 Å². The molecule has 2 rings (SSSR count). The van der Waals surface area contributed by atoms with Crippen LogP contribution >= 0.6 is 0 Å². The summed E-state index contributed by atoms with van der Waals surface area (Å²) < 4.78 is 43.6. The lowest BCUT2D eigenvalue weighted by molar-refractivity contribution is -0.0102. The van der Waals surface area contributed by atoms with Crippen molar-refractivity contribution >= 4 is 22.3 Å². The molecule has 8 nitrogen and oxygen atoms in total. The first-order valence-corrected chi connectivity index (χ1v) is 13.3. The molecule has 1 aromatic rings. The van der Waals surface area contributed by atoms with Crippen LogP contribution in [0.4, 0.5) is 9.59 Å². The Morgan fingerprint density at radius 1 is 0.886 bits per heavy atom. The summed E-state index contributed by atoms with van der Waals surface area (Å²) in [4.78, 5) is 24.8. The van der Waals surface area contributed by atoms with Crippen LogP contribution in [0.3, 0.4) is 0 Å². The monoisotopic (exact) mass is 511 g/mol. The molecule has 0 aliphatic heterocycles. The molecule has 35 heavy (non-hydrogen) atoms. The first-order valence-electron chi connectivity index (χ1n) is 11.8. The van der Waals surface area contributed by atoms with Crippen molar-refractivity contribution in [3.63, 3.8) is 0 Å². The molecular formula is C26H41NO7S. The second-order valence-corrected chi connectivity index (χ2v) is 14.5. The fraction of sp³-hybridized carbons (Fsp3) is 0.692. The molecule has 198 valence electrons. The van der Waals surface area contributed by atoms with Gasteiger partial charge >= 0.3 is 12.2 Å². The maximum atomic E-state index is 13.4. The van der Waals surface area contributed by atoms with E-state index in [9.17, 15) is 18.0 Å². The van der Waals surface area contributed by atoms with Crippen LogP contribution in [0.5, 0.6) is 0 Å².